The largest absolute Gasteiger partial charge is 0.342 e. The SMILES string of the molecule is Cc1ccc2c(c1)CC1(CC2)CC(=O)N(CC(C)C)C1. The summed E-state index contributed by atoms with van der Waals surface area (Å²) in [5.74, 6) is 0.932. The van der Waals surface area contributed by atoms with Crippen LogP contribution in [0.3, 0.4) is 0 Å². The summed E-state index contributed by atoms with van der Waals surface area (Å²) in [5.41, 5.74) is 4.53. The van der Waals surface area contributed by atoms with Gasteiger partial charge in [-0.2, -0.15) is 0 Å². The predicted octanol–water partition coefficient (Wildman–Crippen LogP) is 3.36. The van der Waals surface area contributed by atoms with E-state index >= 15 is 0 Å². The summed E-state index contributed by atoms with van der Waals surface area (Å²) in [6.07, 6.45) is 4.15. The van der Waals surface area contributed by atoms with Crippen LogP contribution in [-0.4, -0.2) is 23.9 Å². The van der Waals surface area contributed by atoms with Gasteiger partial charge in [-0.15, -0.1) is 0 Å². The summed E-state index contributed by atoms with van der Waals surface area (Å²) in [7, 11) is 0. The van der Waals surface area contributed by atoms with Gasteiger partial charge in [-0.1, -0.05) is 37.6 Å². The van der Waals surface area contributed by atoms with Crippen molar-refractivity contribution in [3.63, 3.8) is 0 Å². The molecule has 0 aromatic heterocycles. The summed E-state index contributed by atoms with van der Waals surface area (Å²) in [6.45, 7) is 8.43. The number of rotatable bonds is 2. The zero-order valence-corrected chi connectivity index (χ0v) is 12.9. The molecule has 1 atom stereocenters. The second-order valence-corrected chi connectivity index (χ2v) is 7.29. The highest BCUT2D eigenvalue weighted by molar-refractivity contribution is 5.79. The molecule has 0 N–H and O–H groups in total. The van der Waals surface area contributed by atoms with Crippen LogP contribution < -0.4 is 0 Å². The fourth-order valence-corrected chi connectivity index (χ4v) is 3.93. The number of nitrogens with zero attached hydrogens (tertiary/aromatic N) is 1. The molecule has 1 aliphatic carbocycles. The van der Waals surface area contributed by atoms with Crippen LogP contribution in [0.1, 0.15) is 43.4 Å². The van der Waals surface area contributed by atoms with Crippen molar-refractivity contribution in [2.24, 2.45) is 11.3 Å². The molecule has 1 aliphatic heterocycles. The number of aryl methyl sites for hydroxylation is 2. The third-order valence-corrected chi connectivity index (χ3v) is 4.84. The van der Waals surface area contributed by atoms with E-state index < -0.39 is 0 Å². The Morgan fingerprint density at radius 2 is 2.05 bits per heavy atom. The summed E-state index contributed by atoms with van der Waals surface area (Å²) in [6, 6.07) is 6.81. The van der Waals surface area contributed by atoms with Crippen molar-refractivity contribution in [3.05, 3.63) is 34.9 Å². The quantitative estimate of drug-likeness (QED) is 0.807. The Balaban J connectivity index is 1.81. The van der Waals surface area contributed by atoms with Crippen LogP contribution in [0.25, 0.3) is 0 Å². The second-order valence-electron chi connectivity index (χ2n) is 7.29. The molecule has 1 aromatic rings. The maximum Gasteiger partial charge on any atom is 0.223 e. The Kier molecular flexibility index (Phi) is 3.35. The third-order valence-electron chi connectivity index (χ3n) is 4.84. The number of fused-ring (bicyclic) bond motifs is 1. The van der Waals surface area contributed by atoms with Crippen LogP contribution >= 0.6 is 0 Å². The molecule has 0 radical (unpaired) electrons. The van der Waals surface area contributed by atoms with E-state index in [2.05, 4.69) is 43.9 Å². The van der Waals surface area contributed by atoms with Crippen LogP contribution in [0.2, 0.25) is 0 Å². The van der Waals surface area contributed by atoms with E-state index in [0.29, 0.717) is 11.8 Å². The molecule has 20 heavy (non-hydrogen) atoms. The number of hydrogen-bond donors (Lipinski definition) is 0. The summed E-state index contributed by atoms with van der Waals surface area (Å²) in [5, 5.41) is 0. The monoisotopic (exact) mass is 271 g/mol. The van der Waals surface area contributed by atoms with Crippen molar-refractivity contribution in [2.75, 3.05) is 13.1 Å². The lowest BCUT2D eigenvalue weighted by molar-refractivity contribution is -0.128. The van der Waals surface area contributed by atoms with E-state index in [-0.39, 0.29) is 5.41 Å². The fraction of sp³-hybridized carbons (Fsp3) is 0.611. The molecule has 1 heterocycles. The van der Waals surface area contributed by atoms with Gasteiger partial charge in [0.25, 0.3) is 0 Å². The van der Waals surface area contributed by atoms with Gasteiger partial charge < -0.3 is 4.90 Å². The molecule has 1 fully saturated rings. The highest BCUT2D eigenvalue weighted by Gasteiger charge is 2.44. The van der Waals surface area contributed by atoms with Gasteiger partial charge in [0.15, 0.2) is 0 Å². The first-order chi connectivity index (χ1) is 9.47. The second kappa shape index (κ2) is 4.91. The lowest BCUT2D eigenvalue weighted by atomic mass is 9.71. The molecular formula is C18H25NO. The van der Waals surface area contributed by atoms with E-state index in [0.717, 1.165) is 32.4 Å². The standard InChI is InChI=1S/C18H25NO/c1-13(2)11-19-12-18(10-17(19)20)7-6-15-5-4-14(3)8-16(15)9-18/h4-5,8,13H,6-7,9-12H2,1-3H3. The zero-order chi connectivity index (χ0) is 14.3. The van der Waals surface area contributed by atoms with Crippen molar-refractivity contribution in [1.82, 2.24) is 4.90 Å². The van der Waals surface area contributed by atoms with Gasteiger partial charge in [0, 0.05) is 24.9 Å². The molecule has 2 heteroatoms. The third kappa shape index (κ3) is 2.48. The minimum Gasteiger partial charge on any atom is -0.342 e. The topological polar surface area (TPSA) is 20.3 Å². The summed E-state index contributed by atoms with van der Waals surface area (Å²) in [4.78, 5) is 14.4. The number of amides is 1. The Bertz CT molecular complexity index is 534. The van der Waals surface area contributed by atoms with Crippen molar-refractivity contribution >= 4 is 5.91 Å². The van der Waals surface area contributed by atoms with Gasteiger partial charge in [0.2, 0.25) is 5.91 Å². The summed E-state index contributed by atoms with van der Waals surface area (Å²) >= 11 is 0. The fourth-order valence-electron chi connectivity index (χ4n) is 3.93. The molecule has 1 aromatic carbocycles. The van der Waals surface area contributed by atoms with E-state index in [1.54, 1.807) is 0 Å². The highest BCUT2D eigenvalue weighted by Crippen LogP contribution is 2.43. The van der Waals surface area contributed by atoms with E-state index in [1.807, 2.05) is 0 Å². The molecular weight excluding hydrogens is 246 g/mol. The molecule has 1 spiro atoms. The van der Waals surface area contributed by atoms with Crippen molar-refractivity contribution < 1.29 is 4.79 Å². The predicted molar refractivity (Wildman–Crippen MR) is 81.7 cm³/mol. The maximum absolute atomic E-state index is 12.3. The number of carbonyl (C=O) groups excluding carboxylic acids is 1. The lowest BCUT2D eigenvalue weighted by Gasteiger charge is -2.34. The molecule has 0 bridgehead atoms. The average molecular weight is 271 g/mol. The lowest BCUT2D eigenvalue weighted by Crippen LogP contribution is -2.34. The van der Waals surface area contributed by atoms with Gasteiger partial charge in [0.1, 0.15) is 0 Å². The average Bonchev–Trinajstić information content (AvgIpc) is 2.64. The van der Waals surface area contributed by atoms with Crippen LogP contribution in [0, 0.1) is 18.3 Å². The van der Waals surface area contributed by atoms with Gasteiger partial charge in [0.05, 0.1) is 0 Å². The first kappa shape index (κ1) is 13.7. The van der Waals surface area contributed by atoms with Crippen molar-refractivity contribution in [3.8, 4) is 0 Å². The van der Waals surface area contributed by atoms with E-state index in [4.69, 9.17) is 0 Å². The zero-order valence-electron chi connectivity index (χ0n) is 12.9. The minimum absolute atomic E-state index is 0.215. The molecule has 1 unspecified atom stereocenters. The molecule has 108 valence electrons. The molecule has 0 saturated carbocycles. The minimum atomic E-state index is 0.215. The maximum atomic E-state index is 12.3. The number of benzene rings is 1. The van der Waals surface area contributed by atoms with Gasteiger partial charge in [-0.3, -0.25) is 4.79 Å². The van der Waals surface area contributed by atoms with E-state index in [1.165, 1.54) is 23.1 Å². The first-order valence-electron chi connectivity index (χ1n) is 7.84. The molecule has 3 rings (SSSR count). The van der Waals surface area contributed by atoms with Crippen LogP contribution in [0.4, 0.5) is 0 Å². The van der Waals surface area contributed by atoms with E-state index in [9.17, 15) is 4.79 Å². The number of likely N-dealkylation sites (tertiary alicyclic amines) is 1. The Morgan fingerprint density at radius 3 is 2.80 bits per heavy atom. The number of carbonyl (C=O) groups is 1. The van der Waals surface area contributed by atoms with Gasteiger partial charge in [-0.05, 0) is 43.2 Å². The Morgan fingerprint density at radius 1 is 1.25 bits per heavy atom. The van der Waals surface area contributed by atoms with Crippen molar-refractivity contribution in [1.29, 1.82) is 0 Å². The van der Waals surface area contributed by atoms with Crippen LogP contribution in [0.15, 0.2) is 18.2 Å². The molecule has 1 saturated heterocycles. The van der Waals surface area contributed by atoms with Gasteiger partial charge >= 0.3 is 0 Å². The number of hydrogen-bond acceptors (Lipinski definition) is 1. The van der Waals surface area contributed by atoms with Gasteiger partial charge in [-0.25, -0.2) is 0 Å². The molecule has 2 nitrogen and oxygen atoms in total. The Labute approximate surface area is 122 Å². The first-order valence-corrected chi connectivity index (χ1v) is 7.84. The highest BCUT2D eigenvalue weighted by atomic mass is 16.2. The normalized spacial score (nSPS) is 25.6. The van der Waals surface area contributed by atoms with Crippen LogP contribution in [-0.2, 0) is 17.6 Å². The Hall–Kier alpha value is -1.31. The summed E-state index contributed by atoms with van der Waals surface area (Å²) < 4.78 is 0. The molecule has 1 amide bonds. The smallest absolute Gasteiger partial charge is 0.223 e. The van der Waals surface area contributed by atoms with Crippen LogP contribution in [0.5, 0.6) is 0 Å². The molecule has 2 aliphatic rings. The van der Waals surface area contributed by atoms with Crippen molar-refractivity contribution in [2.45, 2.75) is 46.5 Å².